The van der Waals surface area contributed by atoms with E-state index in [1.54, 1.807) is 0 Å². The van der Waals surface area contributed by atoms with Gasteiger partial charge in [-0.15, -0.1) is 0 Å². The standard InChI is InChI=1S/C10H22N2O/c1-3-9(10(13)4-2)12-7-5-11-6-8-12/h9-11,13H,3-8H2,1-2H3. The van der Waals surface area contributed by atoms with Gasteiger partial charge < -0.3 is 10.4 Å². The Morgan fingerprint density at radius 3 is 2.31 bits per heavy atom. The van der Waals surface area contributed by atoms with Crippen LogP contribution in [0.25, 0.3) is 0 Å². The molecule has 2 atom stereocenters. The van der Waals surface area contributed by atoms with Gasteiger partial charge in [0, 0.05) is 32.2 Å². The van der Waals surface area contributed by atoms with Crippen LogP contribution in [-0.4, -0.2) is 48.3 Å². The molecule has 1 heterocycles. The molecule has 1 fully saturated rings. The summed E-state index contributed by atoms with van der Waals surface area (Å²) in [6.45, 7) is 8.49. The summed E-state index contributed by atoms with van der Waals surface area (Å²) in [6.07, 6.45) is 1.76. The van der Waals surface area contributed by atoms with Gasteiger partial charge >= 0.3 is 0 Å². The molecule has 0 aromatic rings. The van der Waals surface area contributed by atoms with Crippen LogP contribution in [-0.2, 0) is 0 Å². The van der Waals surface area contributed by atoms with Crippen molar-refractivity contribution >= 4 is 0 Å². The first kappa shape index (κ1) is 11.0. The summed E-state index contributed by atoms with van der Waals surface area (Å²) < 4.78 is 0. The third-order valence-corrected chi connectivity index (χ3v) is 2.90. The van der Waals surface area contributed by atoms with Gasteiger partial charge in [0.15, 0.2) is 0 Å². The van der Waals surface area contributed by atoms with Crippen LogP contribution in [0.2, 0.25) is 0 Å². The van der Waals surface area contributed by atoms with Gasteiger partial charge in [-0.1, -0.05) is 13.8 Å². The highest BCUT2D eigenvalue weighted by Gasteiger charge is 2.23. The molecule has 0 saturated carbocycles. The molecule has 2 N–H and O–H groups in total. The van der Waals surface area contributed by atoms with Crippen molar-refractivity contribution in [3.63, 3.8) is 0 Å². The highest BCUT2D eigenvalue weighted by atomic mass is 16.3. The zero-order chi connectivity index (χ0) is 9.68. The maximum atomic E-state index is 9.81. The molecule has 3 nitrogen and oxygen atoms in total. The van der Waals surface area contributed by atoms with Crippen LogP contribution in [0.15, 0.2) is 0 Å². The summed E-state index contributed by atoms with van der Waals surface area (Å²) in [4.78, 5) is 2.41. The number of aliphatic hydroxyl groups is 1. The molecule has 0 amide bonds. The smallest absolute Gasteiger partial charge is 0.0692 e. The minimum atomic E-state index is -0.150. The molecule has 0 aromatic carbocycles. The third-order valence-electron chi connectivity index (χ3n) is 2.90. The van der Waals surface area contributed by atoms with Gasteiger partial charge in [-0.05, 0) is 12.8 Å². The number of nitrogens with zero attached hydrogens (tertiary/aromatic N) is 1. The molecule has 0 aliphatic carbocycles. The lowest BCUT2D eigenvalue weighted by molar-refractivity contribution is 0.0377. The van der Waals surface area contributed by atoms with Crippen LogP contribution in [0, 0.1) is 0 Å². The topological polar surface area (TPSA) is 35.5 Å². The minimum absolute atomic E-state index is 0.150. The Morgan fingerprint density at radius 1 is 1.23 bits per heavy atom. The van der Waals surface area contributed by atoms with Gasteiger partial charge in [0.2, 0.25) is 0 Å². The summed E-state index contributed by atoms with van der Waals surface area (Å²) in [5.41, 5.74) is 0. The highest BCUT2D eigenvalue weighted by Crippen LogP contribution is 2.12. The number of nitrogens with one attached hydrogen (secondary N) is 1. The Bertz CT molecular complexity index is 135. The normalized spacial score (nSPS) is 24.2. The van der Waals surface area contributed by atoms with Gasteiger partial charge in [-0.2, -0.15) is 0 Å². The van der Waals surface area contributed by atoms with Crippen LogP contribution in [0.5, 0.6) is 0 Å². The fraction of sp³-hybridized carbons (Fsp3) is 1.00. The molecule has 1 aliphatic heterocycles. The Balaban J connectivity index is 2.43. The fourth-order valence-corrected chi connectivity index (χ4v) is 2.06. The van der Waals surface area contributed by atoms with Crippen molar-refractivity contribution in [1.29, 1.82) is 0 Å². The van der Waals surface area contributed by atoms with Gasteiger partial charge in [-0.3, -0.25) is 4.90 Å². The quantitative estimate of drug-likeness (QED) is 0.669. The average molecular weight is 186 g/mol. The van der Waals surface area contributed by atoms with Gasteiger partial charge in [0.25, 0.3) is 0 Å². The van der Waals surface area contributed by atoms with Crippen molar-refractivity contribution in [3.05, 3.63) is 0 Å². The van der Waals surface area contributed by atoms with Crippen LogP contribution in [0.4, 0.5) is 0 Å². The molecule has 13 heavy (non-hydrogen) atoms. The van der Waals surface area contributed by atoms with Crippen molar-refractivity contribution in [3.8, 4) is 0 Å². The van der Waals surface area contributed by atoms with Crippen LogP contribution in [0.3, 0.4) is 0 Å². The van der Waals surface area contributed by atoms with E-state index >= 15 is 0 Å². The lowest BCUT2D eigenvalue weighted by Gasteiger charge is -2.36. The summed E-state index contributed by atoms with van der Waals surface area (Å²) in [5.74, 6) is 0. The third kappa shape index (κ3) is 2.93. The molecule has 0 radical (unpaired) electrons. The van der Waals surface area contributed by atoms with E-state index < -0.39 is 0 Å². The van der Waals surface area contributed by atoms with E-state index in [0.29, 0.717) is 6.04 Å². The number of hydrogen-bond donors (Lipinski definition) is 2. The first-order chi connectivity index (χ1) is 6.29. The van der Waals surface area contributed by atoms with Gasteiger partial charge in [0.05, 0.1) is 6.10 Å². The summed E-state index contributed by atoms with van der Waals surface area (Å²) in [7, 11) is 0. The monoisotopic (exact) mass is 186 g/mol. The van der Waals surface area contributed by atoms with Gasteiger partial charge in [-0.25, -0.2) is 0 Å². The van der Waals surface area contributed by atoms with Crippen molar-refractivity contribution in [1.82, 2.24) is 10.2 Å². The molecule has 78 valence electrons. The molecule has 2 unspecified atom stereocenters. The Morgan fingerprint density at radius 2 is 1.85 bits per heavy atom. The molecule has 1 aliphatic rings. The molecule has 1 saturated heterocycles. The van der Waals surface area contributed by atoms with E-state index in [-0.39, 0.29) is 6.10 Å². The second-order valence-electron chi connectivity index (χ2n) is 3.74. The lowest BCUT2D eigenvalue weighted by atomic mass is 10.0. The van der Waals surface area contributed by atoms with E-state index in [1.807, 2.05) is 0 Å². The maximum absolute atomic E-state index is 9.81. The number of aliphatic hydroxyl groups excluding tert-OH is 1. The molecule has 0 aromatic heterocycles. The first-order valence-electron chi connectivity index (χ1n) is 5.42. The summed E-state index contributed by atoms with van der Waals surface area (Å²) in [6, 6.07) is 0.368. The highest BCUT2D eigenvalue weighted by molar-refractivity contribution is 4.80. The predicted molar refractivity (Wildman–Crippen MR) is 54.8 cm³/mol. The van der Waals surface area contributed by atoms with E-state index in [2.05, 4.69) is 24.1 Å². The van der Waals surface area contributed by atoms with Crippen molar-refractivity contribution in [2.45, 2.75) is 38.8 Å². The van der Waals surface area contributed by atoms with E-state index in [4.69, 9.17) is 0 Å². The number of piperazine rings is 1. The van der Waals surface area contributed by atoms with E-state index in [9.17, 15) is 5.11 Å². The molecule has 3 heteroatoms. The molecular weight excluding hydrogens is 164 g/mol. The Kier molecular flexibility index (Phi) is 4.70. The molecule has 1 rings (SSSR count). The fourth-order valence-electron chi connectivity index (χ4n) is 2.06. The number of hydrogen-bond acceptors (Lipinski definition) is 3. The SMILES string of the molecule is CCC(O)C(CC)N1CCNCC1. The zero-order valence-corrected chi connectivity index (χ0v) is 8.79. The van der Waals surface area contributed by atoms with E-state index in [1.165, 1.54) is 0 Å². The Hall–Kier alpha value is -0.120. The largest absolute Gasteiger partial charge is 0.392 e. The van der Waals surface area contributed by atoms with Crippen LogP contribution < -0.4 is 5.32 Å². The maximum Gasteiger partial charge on any atom is 0.0692 e. The molecule has 0 bridgehead atoms. The summed E-state index contributed by atoms with van der Waals surface area (Å²) >= 11 is 0. The van der Waals surface area contributed by atoms with Crippen molar-refractivity contribution < 1.29 is 5.11 Å². The lowest BCUT2D eigenvalue weighted by Crippen LogP contribution is -2.52. The van der Waals surface area contributed by atoms with Crippen molar-refractivity contribution in [2.24, 2.45) is 0 Å². The predicted octanol–water partition coefficient (Wildman–Crippen LogP) is 0.441. The van der Waals surface area contributed by atoms with E-state index in [0.717, 1.165) is 39.0 Å². The first-order valence-corrected chi connectivity index (χ1v) is 5.42. The molecule has 0 spiro atoms. The molecular formula is C10H22N2O. The Labute approximate surface area is 81.1 Å². The van der Waals surface area contributed by atoms with Crippen LogP contribution in [0.1, 0.15) is 26.7 Å². The average Bonchev–Trinajstić information content (AvgIpc) is 2.20. The van der Waals surface area contributed by atoms with Crippen LogP contribution >= 0.6 is 0 Å². The zero-order valence-electron chi connectivity index (χ0n) is 8.79. The second-order valence-corrected chi connectivity index (χ2v) is 3.74. The van der Waals surface area contributed by atoms with Gasteiger partial charge in [0.1, 0.15) is 0 Å². The van der Waals surface area contributed by atoms with Crippen molar-refractivity contribution in [2.75, 3.05) is 26.2 Å². The minimum Gasteiger partial charge on any atom is -0.392 e. The summed E-state index contributed by atoms with van der Waals surface area (Å²) in [5, 5.41) is 13.1. The second kappa shape index (κ2) is 5.58. The number of rotatable bonds is 4.